The molecule has 5 nitrogen and oxygen atoms in total. The van der Waals surface area contributed by atoms with Crippen LogP contribution in [0.25, 0.3) is 0 Å². The Morgan fingerprint density at radius 1 is 1.44 bits per heavy atom. The van der Waals surface area contributed by atoms with Crippen molar-refractivity contribution < 1.29 is 4.79 Å². The second-order valence-corrected chi connectivity index (χ2v) is 4.45. The SMILES string of the molecule is N#CCc1ccc(NC(=O)c2csc(N)n2)cc1. The summed E-state index contributed by atoms with van der Waals surface area (Å²) in [6, 6.07) is 9.16. The molecule has 1 aromatic carbocycles. The van der Waals surface area contributed by atoms with Gasteiger partial charge in [0.15, 0.2) is 5.13 Å². The number of nitrogen functional groups attached to an aromatic ring is 1. The Kier molecular flexibility index (Phi) is 3.55. The number of hydrogen-bond donors (Lipinski definition) is 2. The summed E-state index contributed by atoms with van der Waals surface area (Å²) in [5.74, 6) is -0.295. The van der Waals surface area contributed by atoms with Crippen molar-refractivity contribution in [3.8, 4) is 6.07 Å². The summed E-state index contributed by atoms with van der Waals surface area (Å²) in [7, 11) is 0. The number of hydrogen-bond acceptors (Lipinski definition) is 5. The molecule has 0 aliphatic rings. The zero-order chi connectivity index (χ0) is 13.0. The highest BCUT2D eigenvalue weighted by Gasteiger charge is 2.09. The van der Waals surface area contributed by atoms with Crippen LogP contribution in [0.4, 0.5) is 10.8 Å². The smallest absolute Gasteiger partial charge is 0.275 e. The molecule has 0 bridgehead atoms. The number of nitrogens with zero attached hydrogens (tertiary/aromatic N) is 2. The van der Waals surface area contributed by atoms with E-state index in [0.29, 0.717) is 22.9 Å². The number of carbonyl (C=O) groups excluding carboxylic acids is 1. The van der Waals surface area contributed by atoms with Crippen molar-refractivity contribution in [3.05, 3.63) is 40.9 Å². The Morgan fingerprint density at radius 2 is 2.17 bits per heavy atom. The van der Waals surface area contributed by atoms with Crippen LogP contribution in [0.2, 0.25) is 0 Å². The summed E-state index contributed by atoms with van der Waals surface area (Å²) in [6.45, 7) is 0. The molecule has 0 fully saturated rings. The molecule has 0 saturated heterocycles. The zero-order valence-electron chi connectivity index (χ0n) is 9.38. The molecule has 0 atom stereocenters. The maximum atomic E-state index is 11.8. The van der Waals surface area contributed by atoms with Crippen LogP contribution in [0.15, 0.2) is 29.6 Å². The van der Waals surface area contributed by atoms with E-state index < -0.39 is 0 Å². The lowest BCUT2D eigenvalue weighted by Gasteiger charge is -2.03. The number of anilines is 2. The second-order valence-electron chi connectivity index (χ2n) is 3.56. The van der Waals surface area contributed by atoms with Gasteiger partial charge in [-0.2, -0.15) is 5.26 Å². The van der Waals surface area contributed by atoms with Crippen LogP contribution in [0.3, 0.4) is 0 Å². The van der Waals surface area contributed by atoms with Crippen LogP contribution in [0, 0.1) is 11.3 Å². The van der Waals surface area contributed by atoms with E-state index in [1.807, 2.05) is 0 Å². The van der Waals surface area contributed by atoms with Crippen LogP contribution in [0.5, 0.6) is 0 Å². The Labute approximate surface area is 108 Å². The maximum Gasteiger partial charge on any atom is 0.275 e. The number of benzene rings is 1. The molecule has 0 saturated carbocycles. The minimum atomic E-state index is -0.295. The van der Waals surface area contributed by atoms with Gasteiger partial charge in [-0.1, -0.05) is 12.1 Å². The fraction of sp³-hybridized carbons (Fsp3) is 0.0833. The molecule has 0 aliphatic carbocycles. The van der Waals surface area contributed by atoms with E-state index in [1.54, 1.807) is 29.6 Å². The average molecular weight is 258 g/mol. The van der Waals surface area contributed by atoms with Gasteiger partial charge < -0.3 is 11.1 Å². The summed E-state index contributed by atoms with van der Waals surface area (Å²) < 4.78 is 0. The van der Waals surface area contributed by atoms with Crippen molar-refractivity contribution in [1.29, 1.82) is 5.26 Å². The lowest BCUT2D eigenvalue weighted by molar-refractivity contribution is 0.102. The van der Waals surface area contributed by atoms with Gasteiger partial charge in [0.2, 0.25) is 0 Å². The monoisotopic (exact) mass is 258 g/mol. The first-order valence-corrected chi connectivity index (χ1v) is 6.05. The van der Waals surface area contributed by atoms with Crippen LogP contribution in [-0.4, -0.2) is 10.9 Å². The maximum absolute atomic E-state index is 11.8. The molecule has 3 N–H and O–H groups in total. The molecule has 2 rings (SSSR count). The van der Waals surface area contributed by atoms with Gasteiger partial charge in [0, 0.05) is 11.1 Å². The molecule has 6 heteroatoms. The molecule has 1 heterocycles. The fourth-order valence-electron chi connectivity index (χ4n) is 1.38. The summed E-state index contributed by atoms with van der Waals surface area (Å²) in [4.78, 5) is 15.7. The van der Waals surface area contributed by atoms with Gasteiger partial charge in [0.25, 0.3) is 5.91 Å². The van der Waals surface area contributed by atoms with E-state index in [9.17, 15) is 4.79 Å². The van der Waals surface area contributed by atoms with Gasteiger partial charge in [-0.25, -0.2) is 4.98 Å². The third kappa shape index (κ3) is 2.84. The molecule has 90 valence electrons. The molecule has 0 unspecified atom stereocenters. The van der Waals surface area contributed by atoms with E-state index in [2.05, 4.69) is 16.4 Å². The minimum absolute atomic E-state index is 0.295. The number of nitrogens with one attached hydrogen (secondary N) is 1. The topological polar surface area (TPSA) is 91.8 Å². The Bertz CT molecular complexity index is 597. The van der Waals surface area contributed by atoms with E-state index in [0.717, 1.165) is 5.56 Å². The molecule has 0 aliphatic heterocycles. The van der Waals surface area contributed by atoms with Crippen LogP contribution >= 0.6 is 11.3 Å². The van der Waals surface area contributed by atoms with Gasteiger partial charge in [-0.05, 0) is 17.7 Å². The first-order valence-electron chi connectivity index (χ1n) is 5.17. The number of thiazole rings is 1. The van der Waals surface area contributed by atoms with Gasteiger partial charge in [-0.3, -0.25) is 4.79 Å². The number of rotatable bonds is 3. The van der Waals surface area contributed by atoms with Crippen molar-refractivity contribution >= 4 is 28.1 Å². The second kappa shape index (κ2) is 5.29. The van der Waals surface area contributed by atoms with Crippen molar-refractivity contribution in [2.45, 2.75) is 6.42 Å². The lowest BCUT2D eigenvalue weighted by Crippen LogP contribution is -2.12. The first kappa shape index (κ1) is 12.1. The Balaban J connectivity index is 2.05. The van der Waals surface area contributed by atoms with Gasteiger partial charge in [-0.15, -0.1) is 11.3 Å². The number of amides is 1. The van der Waals surface area contributed by atoms with E-state index in [1.165, 1.54) is 11.3 Å². The predicted octanol–water partition coefficient (Wildman–Crippen LogP) is 2.04. The Morgan fingerprint density at radius 3 is 2.72 bits per heavy atom. The fourth-order valence-corrected chi connectivity index (χ4v) is 1.93. The van der Waals surface area contributed by atoms with Crippen LogP contribution in [-0.2, 0) is 6.42 Å². The van der Waals surface area contributed by atoms with Crippen molar-refractivity contribution in [3.63, 3.8) is 0 Å². The van der Waals surface area contributed by atoms with E-state index in [-0.39, 0.29) is 5.91 Å². The number of carbonyl (C=O) groups is 1. The third-order valence-electron chi connectivity index (χ3n) is 2.25. The summed E-state index contributed by atoms with van der Waals surface area (Å²) >= 11 is 1.22. The molecule has 2 aromatic rings. The van der Waals surface area contributed by atoms with Gasteiger partial charge in [0.05, 0.1) is 12.5 Å². The van der Waals surface area contributed by atoms with E-state index >= 15 is 0 Å². The lowest BCUT2D eigenvalue weighted by atomic mass is 10.1. The standard InChI is InChI=1S/C12H10N4OS/c13-6-5-8-1-3-9(4-2-8)15-11(17)10-7-18-12(14)16-10/h1-4,7H,5H2,(H2,14,16)(H,15,17). The number of nitrogens with two attached hydrogens (primary N) is 1. The van der Waals surface area contributed by atoms with Crippen molar-refractivity contribution in [1.82, 2.24) is 4.98 Å². The Hall–Kier alpha value is -2.39. The normalized spacial score (nSPS) is 9.72. The first-order chi connectivity index (χ1) is 8.69. The predicted molar refractivity (Wildman–Crippen MR) is 70.2 cm³/mol. The highest BCUT2D eigenvalue weighted by Crippen LogP contribution is 2.14. The number of nitriles is 1. The van der Waals surface area contributed by atoms with Crippen molar-refractivity contribution in [2.75, 3.05) is 11.1 Å². The van der Waals surface area contributed by atoms with Crippen molar-refractivity contribution in [2.24, 2.45) is 0 Å². The largest absolute Gasteiger partial charge is 0.375 e. The highest BCUT2D eigenvalue weighted by atomic mass is 32.1. The number of aromatic nitrogens is 1. The van der Waals surface area contributed by atoms with Gasteiger partial charge in [0.1, 0.15) is 5.69 Å². The molecular weight excluding hydrogens is 248 g/mol. The average Bonchev–Trinajstić information content (AvgIpc) is 2.79. The van der Waals surface area contributed by atoms with Crippen LogP contribution < -0.4 is 11.1 Å². The molecule has 0 spiro atoms. The summed E-state index contributed by atoms with van der Waals surface area (Å²) in [6.07, 6.45) is 0.358. The minimum Gasteiger partial charge on any atom is -0.375 e. The highest BCUT2D eigenvalue weighted by molar-refractivity contribution is 7.13. The van der Waals surface area contributed by atoms with Gasteiger partial charge >= 0.3 is 0 Å². The molecule has 1 aromatic heterocycles. The summed E-state index contributed by atoms with van der Waals surface area (Å²) in [5.41, 5.74) is 7.34. The van der Waals surface area contributed by atoms with Crippen LogP contribution in [0.1, 0.15) is 16.1 Å². The molecule has 0 radical (unpaired) electrons. The quantitative estimate of drug-likeness (QED) is 0.881. The summed E-state index contributed by atoms with van der Waals surface area (Å²) in [5, 5.41) is 13.2. The molecular formula is C12H10N4OS. The van der Waals surface area contributed by atoms with E-state index in [4.69, 9.17) is 11.0 Å². The third-order valence-corrected chi connectivity index (χ3v) is 2.92. The molecule has 1 amide bonds. The molecule has 18 heavy (non-hydrogen) atoms. The zero-order valence-corrected chi connectivity index (χ0v) is 10.2.